The van der Waals surface area contributed by atoms with Crippen molar-refractivity contribution < 1.29 is 16.8 Å². The van der Waals surface area contributed by atoms with Crippen molar-refractivity contribution >= 4 is 25.5 Å². The summed E-state index contributed by atoms with van der Waals surface area (Å²) in [6, 6.07) is 18.4. The summed E-state index contributed by atoms with van der Waals surface area (Å²) in [5.74, 6) is -0.117. The average Bonchev–Trinajstić information content (AvgIpc) is 2.62. The zero-order valence-corrected chi connectivity index (χ0v) is 16.0. The third-order valence-corrected chi connectivity index (χ3v) is 5.91. The van der Waals surface area contributed by atoms with Crippen LogP contribution in [0.15, 0.2) is 71.8 Å². The second-order valence-corrected chi connectivity index (χ2v) is 9.64. The van der Waals surface area contributed by atoms with E-state index >= 15 is 0 Å². The molecule has 3 aromatic rings. The molecular weight excluding hydrogens is 386 g/mol. The fourth-order valence-electron chi connectivity index (χ4n) is 2.39. The van der Waals surface area contributed by atoms with Crippen LogP contribution in [0.5, 0.6) is 0 Å². The van der Waals surface area contributed by atoms with Gasteiger partial charge in [-0.1, -0.05) is 42.5 Å². The monoisotopic (exact) mass is 403 g/mol. The molecule has 1 heterocycles. The van der Waals surface area contributed by atoms with Crippen LogP contribution in [0, 0.1) is 0 Å². The van der Waals surface area contributed by atoms with E-state index in [0.717, 1.165) is 6.26 Å². The van der Waals surface area contributed by atoms with Crippen LogP contribution in [0.4, 0.5) is 5.69 Å². The van der Waals surface area contributed by atoms with Crippen molar-refractivity contribution in [3.05, 3.63) is 72.3 Å². The Hall–Kier alpha value is -2.78. The predicted molar refractivity (Wildman–Crippen MR) is 103 cm³/mol. The molecule has 0 saturated heterocycles. The molecule has 2 aromatic carbocycles. The maximum Gasteiger partial charge on any atom is 0.236 e. The van der Waals surface area contributed by atoms with E-state index in [1.807, 2.05) is 6.07 Å². The first-order chi connectivity index (χ1) is 12.7. The number of aromatic nitrogens is 2. The van der Waals surface area contributed by atoms with Gasteiger partial charge in [-0.25, -0.2) is 16.8 Å². The molecule has 0 radical (unpaired) electrons. The molecule has 0 amide bonds. The minimum absolute atomic E-state index is 0.100. The maximum atomic E-state index is 12.3. The van der Waals surface area contributed by atoms with Crippen molar-refractivity contribution in [3.63, 3.8) is 0 Å². The lowest BCUT2D eigenvalue weighted by Gasteiger charge is -2.09. The van der Waals surface area contributed by atoms with Crippen LogP contribution in [0.2, 0.25) is 0 Å². The molecule has 0 saturated carbocycles. The first kappa shape index (κ1) is 19.0. The highest BCUT2D eigenvalue weighted by Gasteiger charge is 2.13. The predicted octanol–water partition coefficient (Wildman–Crippen LogP) is 2.49. The summed E-state index contributed by atoms with van der Waals surface area (Å²) in [6.07, 6.45) is 1.06. The van der Waals surface area contributed by atoms with Gasteiger partial charge in [-0.3, -0.25) is 4.72 Å². The van der Waals surface area contributed by atoms with Crippen LogP contribution in [0.1, 0.15) is 5.56 Å². The van der Waals surface area contributed by atoms with Crippen molar-refractivity contribution in [3.8, 4) is 11.3 Å². The van der Waals surface area contributed by atoms with E-state index in [0.29, 0.717) is 22.5 Å². The number of nitrogens with one attached hydrogen (secondary N) is 1. The third-order valence-electron chi connectivity index (χ3n) is 3.67. The number of rotatable bonds is 6. The Balaban J connectivity index is 1.73. The molecule has 9 heteroatoms. The normalized spacial score (nSPS) is 11.9. The van der Waals surface area contributed by atoms with Gasteiger partial charge in [-0.05, 0) is 29.8 Å². The van der Waals surface area contributed by atoms with Gasteiger partial charge in [-0.15, -0.1) is 10.2 Å². The van der Waals surface area contributed by atoms with Crippen LogP contribution in [-0.4, -0.2) is 33.3 Å². The highest BCUT2D eigenvalue weighted by Crippen LogP contribution is 2.21. The van der Waals surface area contributed by atoms with E-state index < -0.39 is 19.9 Å². The Morgan fingerprint density at radius 2 is 1.48 bits per heavy atom. The minimum atomic E-state index is -3.53. The van der Waals surface area contributed by atoms with Crippen molar-refractivity contribution in [1.29, 1.82) is 0 Å². The number of sulfonamides is 1. The van der Waals surface area contributed by atoms with Crippen molar-refractivity contribution in [1.82, 2.24) is 10.2 Å². The Labute approximate surface area is 158 Å². The fraction of sp³-hybridized carbons (Fsp3) is 0.111. The van der Waals surface area contributed by atoms with Gasteiger partial charge in [0.05, 0.1) is 11.4 Å². The fourth-order valence-corrected chi connectivity index (χ4v) is 4.09. The number of hydrogen-bond acceptors (Lipinski definition) is 6. The van der Waals surface area contributed by atoms with Crippen molar-refractivity contribution in [2.75, 3.05) is 11.0 Å². The number of hydrogen-bond donors (Lipinski definition) is 1. The van der Waals surface area contributed by atoms with Crippen LogP contribution < -0.4 is 4.72 Å². The van der Waals surface area contributed by atoms with E-state index in [1.165, 1.54) is 6.07 Å². The molecule has 140 valence electrons. The van der Waals surface area contributed by atoms with Gasteiger partial charge in [0.1, 0.15) is 0 Å². The molecule has 7 nitrogen and oxygen atoms in total. The largest absolute Gasteiger partial charge is 0.283 e. The summed E-state index contributed by atoms with van der Waals surface area (Å²) in [4.78, 5) is 0. The highest BCUT2D eigenvalue weighted by atomic mass is 32.2. The smallest absolute Gasteiger partial charge is 0.236 e. The van der Waals surface area contributed by atoms with Gasteiger partial charge in [-0.2, -0.15) is 0 Å². The van der Waals surface area contributed by atoms with Gasteiger partial charge in [0.15, 0.2) is 14.9 Å². The zero-order chi connectivity index (χ0) is 19.5. The standard InChI is InChI=1S/C18H17N3O4S2/c1-26(22,23)18-12-11-17(19-20-18)15-7-9-16(10-8-15)21-27(24,25)13-14-5-3-2-4-6-14/h2-12,21H,13H2,1H3. The first-order valence-electron chi connectivity index (χ1n) is 7.92. The maximum absolute atomic E-state index is 12.3. The van der Waals surface area contributed by atoms with E-state index in [-0.39, 0.29) is 10.8 Å². The van der Waals surface area contributed by atoms with Gasteiger partial charge >= 0.3 is 0 Å². The minimum Gasteiger partial charge on any atom is -0.283 e. The first-order valence-corrected chi connectivity index (χ1v) is 11.5. The molecule has 1 N–H and O–H groups in total. The molecule has 0 spiro atoms. The number of sulfone groups is 1. The van der Waals surface area contributed by atoms with E-state index in [9.17, 15) is 16.8 Å². The van der Waals surface area contributed by atoms with Crippen molar-refractivity contribution in [2.24, 2.45) is 0 Å². The van der Waals surface area contributed by atoms with Crippen LogP contribution in [-0.2, 0) is 25.6 Å². The quantitative estimate of drug-likeness (QED) is 0.678. The average molecular weight is 403 g/mol. The van der Waals surface area contributed by atoms with Gasteiger partial charge in [0, 0.05) is 17.5 Å². The zero-order valence-electron chi connectivity index (χ0n) is 14.4. The Morgan fingerprint density at radius 3 is 2.04 bits per heavy atom. The molecule has 0 aliphatic carbocycles. The Morgan fingerprint density at radius 1 is 0.815 bits per heavy atom. The summed E-state index contributed by atoms with van der Waals surface area (Å²) in [7, 11) is -6.94. The van der Waals surface area contributed by atoms with Crippen LogP contribution >= 0.6 is 0 Å². The summed E-state index contributed by atoms with van der Waals surface area (Å²) in [6.45, 7) is 0. The Kier molecular flexibility index (Phi) is 5.24. The lowest BCUT2D eigenvalue weighted by atomic mass is 10.1. The number of anilines is 1. The van der Waals surface area contributed by atoms with Gasteiger partial charge in [0.2, 0.25) is 10.0 Å². The molecule has 0 unspecified atom stereocenters. The summed E-state index contributed by atoms with van der Waals surface area (Å²) in [5.41, 5.74) is 2.30. The molecule has 0 aliphatic rings. The lowest BCUT2D eigenvalue weighted by Crippen LogP contribution is -2.14. The molecule has 0 atom stereocenters. The molecule has 3 rings (SSSR count). The van der Waals surface area contributed by atoms with Crippen LogP contribution in [0.3, 0.4) is 0 Å². The van der Waals surface area contributed by atoms with E-state index in [1.54, 1.807) is 54.6 Å². The highest BCUT2D eigenvalue weighted by molar-refractivity contribution is 7.92. The van der Waals surface area contributed by atoms with Gasteiger partial charge < -0.3 is 0 Å². The number of benzene rings is 2. The molecule has 27 heavy (non-hydrogen) atoms. The topological polar surface area (TPSA) is 106 Å². The van der Waals surface area contributed by atoms with E-state index in [2.05, 4.69) is 14.9 Å². The third kappa shape index (κ3) is 5.11. The second kappa shape index (κ2) is 7.45. The molecule has 0 bridgehead atoms. The summed E-state index contributed by atoms with van der Waals surface area (Å²) < 4.78 is 49.9. The summed E-state index contributed by atoms with van der Waals surface area (Å²) in [5, 5.41) is 7.51. The second-order valence-electron chi connectivity index (χ2n) is 5.95. The molecule has 0 aliphatic heterocycles. The van der Waals surface area contributed by atoms with Gasteiger partial charge in [0.25, 0.3) is 0 Å². The van der Waals surface area contributed by atoms with Crippen molar-refractivity contribution in [2.45, 2.75) is 10.8 Å². The lowest BCUT2D eigenvalue weighted by molar-refractivity contribution is 0.595. The molecular formula is C18H17N3O4S2. The Bertz CT molecular complexity index is 1130. The SMILES string of the molecule is CS(=O)(=O)c1ccc(-c2ccc(NS(=O)(=O)Cc3ccccc3)cc2)nn1. The van der Waals surface area contributed by atoms with Crippen LogP contribution in [0.25, 0.3) is 11.3 Å². The summed E-state index contributed by atoms with van der Waals surface area (Å²) >= 11 is 0. The number of nitrogens with zero attached hydrogens (tertiary/aromatic N) is 2. The van der Waals surface area contributed by atoms with E-state index in [4.69, 9.17) is 0 Å². The molecule has 1 aromatic heterocycles. The molecule has 0 fully saturated rings.